The normalized spacial score (nSPS) is 10.4. The van der Waals surface area contributed by atoms with Crippen molar-refractivity contribution in [2.24, 2.45) is 5.73 Å². The van der Waals surface area contributed by atoms with Crippen LogP contribution in [0.15, 0.2) is 36.4 Å². The van der Waals surface area contributed by atoms with Gasteiger partial charge in [0.05, 0.1) is 0 Å². The highest BCUT2D eigenvalue weighted by molar-refractivity contribution is 5.38. The molecule has 0 saturated heterocycles. The SMILES string of the molecule is Cc1cc(Oc2ccc(F)cc2F)ccc1CN. The van der Waals surface area contributed by atoms with Gasteiger partial charge < -0.3 is 10.5 Å². The first-order valence-electron chi connectivity index (χ1n) is 5.52. The van der Waals surface area contributed by atoms with Gasteiger partial charge in [-0.1, -0.05) is 6.07 Å². The highest BCUT2D eigenvalue weighted by Crippen LogP contribution is 2.26. The lowest BCUT2D eigenvalue weighted by Crippen LogP contribution is -1.99. The predicted octanol–water partition coefficient (Wildman–Crippen LogP) is 3.52. The molecule has 2 nitrogen and oxygen atoms in total. The molecule has 2 aromatic rings. The number of hydrogen-bond acceptors (Lipinski definition) is 2. The zero-order valence-corrected chi connectivity index (χ0v) is 9.91. The van der Waals surface area contributed by atoms with E-state index in [0.717, 1.165) is 23.3 Å². The fourth-order valence-electron chi connectivity index (χ4n) is 1.65. The standard InChI is InChI=1S/C14H13F2NO/c1-9-6-12(4-2-10(9)8-17)18-14-5-3-11(15)7-13(14)16/h2-7H,8,17H2,1H3. The maximum Gasteiger partial charge on any atom is 0.168 e. The Labute approximate surface area is 104 Å². The number of halogens is 2. The van der Waals surface area contributed by atoms with Crippen LogP contribution in [-0.2, 0) is 6.54 Å². The molecule has 0 aromatic heterocycles. The zero-order valence-electron chi connectivity index (χ0n) is 9.91. The summed E-state index contributed by atoms with van der Waals surface area (Å²) in [7, 11) is 0. The van der Waals surface area contributed by atoms with Crippen LogP contribution >= 0.6 is 0 Å². The van der Waals surface area contributed by atoms with Gasteiger partial charge in [-0.05, 0) is 42.3 Å². The first-order valence-corrected chi connectivity index (χ1v) is 5.52. The Hall–Kier alpha value is -1.94. The van der Waals surface area contributed by atoms with Crippen LogP contribution in [0.3, 0.4) is 0 Å². The lowest BCUT2D eigenvalue weighted by atomic mass is 10.1. The Morgan fingerprint density at radius 2 is 1.89 bits per heavy atom. The van der Waals surface area contributed by atoms with Crippen LogP contribution in [-0.4, -0.2) is 0 Å². The van der Waals surface area contributed by atoms with E-state index in [1.54, 1.807) is 12.1 Å². The lowest BCUT2D eigenvalue weighted by molar-refractivity contribution is 0.437. The molecule has 2 N–H and O–H groups in total. The molecule has 0 saturated carbocycles. The molecule has 0 atom stereocenters. The average Bonchev–Trinajstić information content (AvgIpc) is 2.33. The van der Waals surface area contributed by atoms with E-state index in [-0.39, 0.29) is 5.75 Å². The van der Waals surface area contributed by atoms with Gasteiger partial charge >= 0.3 is 0 Å². The van der Waals surface area contributed by atoms with Gasteiger partial charge in [0.1, 0.15) is 11.6 Å². The second-order valence-electron chi connectivity index (χ2n) is 3.97. The zero-order chi connectivity index (χ0) is 13.1. The van der Waals surface area contributed by atoms with Gasteiger partial charge in [-0.25, -0.2) is 8.78 Å². The monoisotopic (exact) mass is 249 g/mol. The fraction of sp³-hybridized carbons (Fsp3) is 0.143. The van der Waals surface area contributed by atoms with Crippen molar-refractivity contribution in [3.05, 3.63) is 59.2 Å². The first-order chi connectivity index (χ1) is 8.60. The Morgan fingerprint density at radius 3 is 2.50 bits per heavy atom. The van der Waals surface area contributed by atoms with E-state index >= 15 is 0 Å². The van der Waals surface area contributed by atoms with E-state index in [1.165, 1.54) is 6.07 Å². The van der Waals surface area contributed by atoms with Gasteiger partial charge in [0.2, 0.25) is 0 Å². The minimum Gasteiger partial charge on any atom is -0.454 e. The number of benzene rings is 2. The Kier molecular flexibility index (Phi) is 3.58. The van der Waals surface area contributed by atoms with Crippen molar-refractivity contribution >= 4 is 0 Å². The maximum atomic E-state index is 13.4. The van der Waals surface area contributed by atoms with E-state index in [2.05, 4.69) is 0 Å². The number of rotatable bonds is 3. The molecule has 0 aliphatic rings. The molecular weight excluding hydrogens is 236 g/mol. The summed E-state index contributed by atoms with van der Waals surface area (Å²) in [4.78, 5) is 0. The Balaban J connectivity index is 2.26. The van der Waals surface area contributed by atoms with Gasteiger partial charge in [-0.2, -0.15) is 0 Å². The summed E-state index contributed by atoms with van der Waals surface area (Å²) in [6.07, 6.45) is 0. The molecule has 4 heteroatoms. The topological polar surface area (TPSA) is 35.2 Å². The molecule has 2 rings (SSSR count). The largest absolute Gasteiger partial charge is 0.454 e. The minimum absolute atomic E-state index is 0.00343. The molecule has 94 valence electrons. The van der Waals surface area contributed by atoms with E-state index in [1.807, 2.05) is 13.0 Å². The first kappa shape index (κ1) is 12.5. The van der Waals surface area contributed by atoms with Crippen LogP contribution in [0.5, 0.6) is 11.5 Å². The number of nitrogens with two attached hydrogens (primary N) is 1. The van der Waals surface area contributed by atoms with E-state index < -0.39 is 11.6 Å². The van der Waals surface area contributed by atoms with Crippen molar-refractivity contribution in [3.8, 4) is 11.5 Å². The summed E-state index contributed by atoms with van der Waals surface area (Å²) in [5, 5.41) is 0. The highest BCUT2D eigenvalue weighted by Gasteiger charge is 2.07. The molecule has 0 fully saturated rings. The lowest BCUT2D eigenvalue weighted by Gasteiger charge is -2.09. The van der Waals surface area contributed by atoms with E-state index in [4.69, 9.17) is 10.5 Å². The molecule has 18 heavy (non-hydrogen) atoms. The van der Waals surface area contributed by atoms with Gasteiger partial charge in [0, 0.05) is 12.6 Å². The molecular formula is C14H13F2NO. The quantitative estimate of drug-likeness (QED) is 0.903. The Morgan fingerprint density at radius 1 is 1.11 bits per heavy atom. The van der Waals surface area contributed by atoms with Crippen LogP contribution in [0.4, 0.5) is 8.78 Å². The number of hydrogen-bond donors (Lipinski definition) is 1. The van der Waals surface area contributed by atoms with Crippen molar-refractivity contribution in [3.63, 3.8) is 0 Å². The average molecular weight is 249 g/mol. The van der Waals surface area contributed by atoms with Crippen LogP contribution in [0.25, 0.3) is 0 Å². The van der Waals surface area contributed by atoms with Crippen molar-refractivity contribution in [1.29, 1.82) is 0 Å². The smallest absolute Gasteiger partial charge is 0.168 e. The molecule has 0 spiro atoms. The van der Waals surface area contributed by atoms with E-state index in [0.29, 0.717) is 12.3 Å². The molecule has 2 aromatic carbocycles. The molecule has 0 amide bonds. The molecule has 0 unspecified atom stereocenters. The highest BCUT2D eigenvalue weighted by atomic mass is 19.1. The molecule has 0 aliphatic heterocycles. The van der Waals surface area contributed by atoms with Crippen LogP contribution in [0.2, 0.25) is 0 Å². The predicted molar refractivity (Wildman–Crippen MR) is 65.5 cm³/mol. The third-order valence-corrected chi connectivity index (χ3v) is 2.66. The number of aryl methyl sites for hydroxylation is 1. The summed E-state index contributed by atoms with van der Waals surface area (Å²) in [6.45, 7) is 2.34. The van der Waals surface area contributed by atoms with Crippen LogP contribution < -0.4 is 10.5 Å². The van der Waals surface area contributed by atoms with Crippen molar-refractivity contribution in [1.82, 2.24) is 0 Å². The second kappa shape index (κ2) is 5.14. The molecule has 0 aliphatic carbocycles. The van der Waals surface area contributed by atoms with Crippen molar-refractivity contribution < 1.29 is 13.5 Å². The summed E-state index contributed by atoms with van der Waals surface area (Å²) < 4.78 is 31.5. The summed E-state index contributed by atoms with van der Waals surface area (Å²) in [5.41, 5.74) is 7.52. The third-order valence-electron chi connectivity index (χ3n) is 2.66. The second-order valence-corrected chi connectivity index (χ2v) is 3.97. The molecule has 0 heterocycles. The van der Waals surface area contributed by atoms with Gasteiger partial charge in [-0.3, -0.25) is 0 Å². The van der Waals surface area contributed by atoms with E-state index in [9.17, 15) is 8.78 Å². The van der Waals surface area contributed by atoms with Crippen LogP contribution in [0, 0.1) is 18.6 Å². The van der Waals surface area contributed by atoms with Gasteiger partial charge in [0.25, 0.3) is 0 Å². The fourth-order valence-corrected chi connectivity index (χ4v) is 1.65. The molecule has 0 bridgehead atoms. The maximum absolute atomic E-state index is 13.4. The number of ether oxygens (including phenoxy) is 1. The van der Waals surface area contributed by atoms with Crippen molar-refractivity contribution in [2.75, 3.05) is 0 Å². The van der Waals surface area contributed by atoms with Crippen LogP contribution in [0.1, 0.15) is 11.1 Å². The minimum atomic E-state index is -0.726. The van der Waals surface area contributed by atoms with Gasteiger partial charge in [0.15, 0.2) is 11.6 Å². The third kappa shape index (κ3) is 2.65. The molecule has 0 radical (unpaired) electrons. The van der Waals surface area contributed by atoms with Gasteiger partial charge in [-0.15, -0.1) is 0 Å². The van der Waals surface area contributed by atoms with Crippen molar-refractivity contribution in [2.45, 2.75) is 13.5 Å². The summed E-state index contributed by atoms with van der Waals surface area (Å²) >= 11 is 0. The summed E-state index contributed by atoms with van der Waals surface area (Å²) in [5.74, 6) is -0.864. The Bertz CT molecular complexity index is 570. The summed E-state index contributed by atoms with van der Waals surface area (Å²) in [6, 6.07) is 8.50.